The van der Waals surface area contributed by atoms with Gasteiger partial charge in [-0.25, -0.2) is 4.79 Å². The van der Waals surface area contributed by atoms with Gasteiger partial charge in [-0.1, -0.05) is 50.3 Å². The van der Waals surface area contributed by atoms with Gasteiger partial charge in [0.2, 0.25) is 5.13 Å². The molecule has 1 aromatic carbocycles. The van der Waals surface area contributed by atoms with Gasteiger partial charge in [0.15, 0.2) is 0 Å². The lowest BCUT2D eigenvalue weighted by atomic mass is 9.98. The number of carbonyl (C=O) groups is 2. The summed E-state index contributed by atoms with van der Waals surface area (Å²) in [6.07, 6.45) is 0. The minimum absolute atomic E-state index is 0.133. The summed E-state index contributed by atoms with van der Waals surface area (Å²) in [5, 5.41) is 11.8. The summed E-state index contributed by atoms with van der Waals surface area (Å²) in [6, 6.07) is 8.10. The number of urea groups is 1. The zero-order valence-corrected chi connectivity index (χ0v) is 13.8. The lowest BCUT2D eigenvalue weighted by Crippen LogP contribution is -2.36. The van der Waals surface area contributed by atoms with Gasteiger partial charge < -0.3 is 0 Å². The average Bonchev–Trinajstić information content (AvgIpc) is 2.95. The number of rotatable bonds is 2. The van der Waals surface area contributed by atoms with E-state index in [1.807, 2.05) is 26.8 Å². The number of nitrogens with zero attached hydrogens (tertiary/aromatic N) is 3. The van der Waals surface area contributed by atoms with Gasteiger partial charge in [-0.3, -0.25) is 15.0 Å². The maximum atomic E-state index is 12.2. The topological polar surface area (TPSA) is 75.2 Å². The van der Waals surface area contributed by atoms with Crippen LogP contribution >= 0.6 is 11.3 Å². The summed E-state index contributed by atoms with van der Waals surface area (Å²) >= 11 is 1.30. The summed E-state index contributed by atoms with van der Waals surface area (Å²) in [5.41, 5.74) is 0.319. The van der Waals surface area contributed by atoms with Gasteiger partial charge >= 0.3 is 6.03 Å². The molecule has 7 heteroatoms. The normalized spacial score (nSPS) is 11.1. The van der Waals surface area contributed by atoms with Gasteiger partial charge in [-0.15, -0.1) is 10.2 Å². The second-order valence-corrected chi connectivity index (χ2v) is 6.80. The number of hydrogen-bond acceptors (Lipinski definition) is 5. The van der Waals surface area contributed by atoms with Crippen LogP contribution in [0.5, 0.6) is 0 Å². The van der Waals surface area contributed by atoms with Crippen molar-refractivity contribution < 1.29 is 9.59 Å². The van der Waals surface area contributed by atoms with Crippen LogP contribution in [0.25, 0.3) is 0 Å². The van der Waals surface area contributed by atoms with E-state index in [0.29, 0.717) is 10.7 Å². The Kier molecular flexibility index (Phi) is 4.56. The van der Waals surface area contributed by atoms with Crippen LogP contribution in [0.2, 0.25) is 0 Å². The molecule has 0 unspecified atom stereocenters. The van der Waals surface area contributed by atoms with Crippen LogP contribution in [0.4, 0.5) is 9.93 Å². The molecule has 0 saturated carbocycles. The van der Waals surface area contributed by atoms with Gasteiger partial charge in [0.1, 0.15) is 5.01 Å². The van der Waals surface area contributed by atoms with Crippen LogP contribution < -0.4 is 5.32 Å². The average molecular weight is 318 g/mol. The molecule has 0 atom stereocenters. The van der Waals surface area contributed by atoms with Crippen molar-refractivity contribution in [3.63, 3.8) is 0 Å². The van der Waals surface area contributed by atoms with Crippen LogP contribution in [-0.4, -0.2) is 34.1 Å². The summed E-state index contributed by atoms with van der Waals surface area (Å²) < 4.78 is 0. The Morgan fingerprint density at radius 3 is 2.32 bits per heavy atom. The highest BCUT2D eigenvalue weighted by atomic mass is 32.1. The highest BCUT2D eigenvalue weighted by molar-refractivity contribution is 7.15. The van der Waals surface area contributed by atoms with Crippen LogP contribution in [0.1, 0.15) is 36.1 Å². The second-order valence-electron chi connectivity index (χ2n) is 5.82. The van der Waals surface area contributed by atoms with Gasteiger partial charge in [0.25, 0.3) is 5.91 Å². The second kappa shape index (κ2) is 6.23. The minimum atomic E-state index is -0.537. The highest BCUT2D eigenvalue weighted by Crippen LogP contribution is 2.27. The van der Waals surface area contributed by atoms with Crippen molar-refractivity contribution in [1.82, 2.24) is 15.1 Å². The summed E-state index contributed by atoms with van der Waals surface area (Å²) in [7, 11) is 1.43. The molecular formula is C15H18N4O2S. The number of hydrogen-bond donors (Lipinski definition) is 1. The Hall–Kier alpha value is -2.28. The van der Waals surface area contributed by atoms with E-state index in [0.717, 1.165) is 9.91 Å². The van der Waals surface area contributed by atoms with Crippen LogP contribution in [-0.2, 0) is 5.41 Å². The van der Waals surface area contributed by atoms with Gasteiger partial charge in [0.05, 0.1) is 0 Å². The quantitative estimate of drug-likeness (QED) is 0.923. The fourth-order valence-electron chi connectivity index (χ4n) is 1.62. The number of carbonyl (C=O) groups excluding carboxylic acids is 2. The third-order valence-electron chi connectivity index (χ3n) is 2.91. The van der Waals surface area contributed by atoms with E-state index in [2.05, 4.69) is 15.5 Å². The third-order valence-corrected chi connectivity index (χ3v) is 4.17. The van der Waals surface area contributed by atoms with E-state index in [1.165, 1.54) is 18.4 Å². The molecule has 116 valence electrons. The van der Waals surface area contributed by atoms with Crippen molar-refractivity contribution in [3.8, 4) is 0 Å². The Morgan fingerprint density at radius 2 is 1.77 bits per heavy atom. The molecule has 0 fully saturated rings. The van der Waals surface area contributed by atoms with Crippen LogP contribution in [0.3, 0.4) is 0 Å². The van der Waals surface area contributed by atoms with E-state index in [-0.39, 0.29) is 11.3 Å². The maximum Gasteiger partial charge on any atom is 0.330 e. The highest BCUT2D eigenvalue weighted by Gasteiger charge is 2.22. The monoisotopic (exact) mass is 318 g/mol. The first-order valence-corrected chi connectivity index (χ1v) is 7.59. The summed E-state index contributed by atoms with van der Waals surface area (Å²) in [4.78, 5) is 25.3. The number of anilines is 1. The zero-order chi connectivity index (χ0) is 16.3. The van der Waals surface area contributed by atoms with E-state index in [1.54, 1.807) is 24.3 Å². The van der Waals surface area contributed by atoms with Gasteiger partial charge in [0, 0.05) is 18.0 Å². The Bertz CT molecular complexity index is 676. The molecule has 0 bridgehead atoms. The molecule has 2 aromatic rings. The summed E-state index contributed by atoms with van der Waals surface area (Å²) in [6.45, 7) is 6.05. The predicted molar refractivity (Wildman–Crippen MR) is 86.2 cm³/mol. The van der Waals surface area contributed by atoms with E-state index >= 15 is 0 Å². The van der Waals surface area contributed by atoms with Crippen molar-refractivity contribution in [1.29, 1.82) is 0 Å². The Morgan fingerprint density at radius 1 is 1.14 bits per heavy atom. The molecule has 3 amide bonds. The van der Waals surface area contributed by atoms with Crippen LogP contribution in [0, 0.1) is 0 Å². The number of benzene rings is 1. The van der Waals surface area contributed by atoms with Gasteiger partial charge in [-0.05, 0) is 12.1 Å². The standard InChI is InChI=1S/C15H18N4O2S/c1-15(2,3)12-17-18-13(22-12)16-14(21)19(4)11(20)10-8-6-5-7-9-10/h5-9H,1-4H3,(H,16,18,21). The summed E-state index contributed by atoms with van der Waals surface area (Å²) in [5.74, 6) is -0.376. The number of amides is 3. The molecule has 0 saturated heterocycles. The molecule has 0 spiro atoms. The maximum absolute atomic E-state index is 12.2. The lowest BCUT2D eigenvalue weighted by molar-refractivity contribution is 0.0841. The first kappa shape index (κ1) is 16.1. The molecule has 2 rings (SSSR count). The molecule has 1 heterocycles. The fourth-order valence-corrected chi connectivity index (χ4v) is 2.41. The largest absolute Gasteiger partial charge is 0.330 e. The van der Waals surface area contributed by atoms with Crippen molar-refractivity contribution in [2.24, 2.45) is 0 Å². The molecule has 0 aliphatic heterocycles. The smallest absolute Gasteiger partial charge is 0.282 e. The fraction of sp³-hybridized carbons (Fsp3) is 0.333. The molecular weight excluding hydrogens is 300 g/mol. The predicted octanol–water partition coefficient (Wildman–Crippen LogP) is 3.14. The Labute approximate surface area is 133 Å². The first-order chi connectivity index (χ1) is 10.3. The van der Waals surface area contributed by atoms with E-state index in [4.69, 9.17) is 0 Å². The van der Waals surface area contributed by atoms with Crippen molar-refractivity contribution >= 4 is 28.4 Å². The Balaban J connectivity index is 2.06. The third kappa shape index (κ3) is 3.67. The lowest BCUT2D eigenvalue weighted by Gasteiger charge is -2.15. The number of nitrogens with one attached hydrogen (secondary N) is 1. The molecule has 0 radical (unpaired) electrons. The van der Waals surface area contributed by atoms with Crippen molar-refractivity contribution in [2.45, 2.75) is 26.2 Å². The molecule has 0 aliphatic rings. The first-order valence-electron chi connectivity index (χ1n) is 6.77. The molecule has 1 N–H and O–H groups in total. The van der Waals surface area contributed by atoms with Crippen molar-refractivity contribution in [2.75, 3.05) is 12.4 Å². The van der Waals surface area contributed by atoms with E-state index in [9.17, 15) is 9.59 Å². The van der Waals surface area contributed by atoms with E-state index < -0.39 is 6.03 Å². The molecule has 6 nitrogen and oxygen atoms in total. The molecule has 22 heavy (non-hydrogen) atoms. The minimum Gasteiger partial charge on any atom is -0.282 e. The number of imide groups is 1. The SMILES string of the molecule is CN(C(=O)Nc1nnc(C(C)(C)C)s1)C(=O)c1ccccc1. The zero-order valence-electron chi connectivity index (χ0n) is 13.0. The van der Waals surface area contributed by atoms with Crippen molar-refractivity contribution in [3.05, 3.63) is 40.9 Å². The van der Waals surface area contributed by atoms with Gasteiger partial charge in [-0.2, -0.15) is 0 Å². The van der Waals surface area contributed by atoms with Crippen LogP contribution in [0.15, 0.2) is 30.3 Å². The molecule has 1 aromatic heterocycles. The molecule has 0 aliphatic carbocycles. The number of aromatic nitrogens is 2.